The number of methoxy groups -OCH3 is 2. The molecule has 7 heteroatoms. The van der Waals surface area contributed by atoms with Gasteiger partial charge in [0.1, 0.15) is 11.6 Å². The predicted molar refractivity (Wildman–Crippen MR) is 106 cm³/mol. The maximum atomic E-state index is 10.5. The van der Waals surface area contributed by atoms with Crippen molar-refractivity contribution in [2.75, 3.05) is 14.2 Å². The number of nitriles is 1. The van der Waals surface area contributed by atoms with E-state index in [0.717, 1.165) is 16.8 Å². The van der Waals surface area contributed by atoms with Crippen LogP contribution in [0.25, 0.3) is 5.69 Å². The average Bonchev–Trinajstić information content (AvgIpc) is 3.08. The minimum Gasteiger partial charge on any atom is -0.493 e. The van der Waals surface area contributed by atoms with E-state index in [1.807, 2.05) is 43.3 Å². The monoisotopic (exact) mass is 389 g/mol. The largest absolute Gasteiger partial charge is 0.493 e. The fraction of sp³-hybridized carbons (Fsp3) is 0.182. The third kappa shape index (κ3) is 2.95. The average molecular weight is 389 g/mol. The molecule has 1 aliphatic rings. The Labute approximate surface area is 168 Å². The van der Waals surface area contributed by atoms with E-state index in [0.29, 0.717) is 23.1 Å². The van der Waals surface area contributed by atoms with E-state index in [1.54, 1.807) is 31.0 Å². The Balaban J connectivity index is 1.94. The third-order valence-electron chi connectivity index (χ3n) is 4.93. The van der Waals surface area contributed by atoms with Gasteiger partial charge in [-0.25, -0.2) is 4.68 Å². The predicted octanol–water partition coefficient (Wildman–Crippen LogP) is 4.02. The van der Waals surface area contributed by atoms with Crippen LogP contribution in [0, 0.1) is 18.3 Å². The number of aryl methyl sites for hydroxylation is 1. The van der Waals surface area contributed by atoms with E-state index in [1.165, 1.54) is 0 Å². The SMILES string of the molecule is COc1ccc([C@H]2C(C#N)=C(O)Oc3c2c(C)nn3-c2ccccc2)cc1OC. The molecular formula is C22H19N3O4. The lowest BCUT2D eigenvalue weighted by atomic mass is 9.84. The lowest BCUT2D eigenvalue weighted by Crippen LogP contribution is -2.17. The van der Waals surface area contributed by atoms with Crippen LogP contribution in [-0.4, -0.2) is 29.1 Å². The van der Waals surface area contributed by atoms with Gasteiger partial charge in [-0.1, -0.05) is 24.3 Å². The number of hydrogen-bond acceptors (Lipinski definition) is 6. The van der Waals surface area contributed by atoms with E-state index >= 15 is 0 Å². The second kappa shape index (κ2) is 7.24. The van der Waals surface area contributed by atoms with Gasteiger partial charge in [-0.3, -0.25) is 0 Å². The van der Waals surface area contributed by atoms with Crippen molar-refractivity contribution in [3.8, 4) is 29.1 Å². The second-order valence-corrected chi connectivity index (χ2v) is 6.53. The number of allylic oxidation sites excluding steroid dienone is 1. The fourth-order valence-electron chi connectivity index (χ4n) is 3.59. The molecule has 3 aromatic rings. The Hall–Kier alpha value is -3.92. The normalized spacial score (nSPS) is 15.3. The minimum atomic E-state index is -0.555. The number of nitrogens with zero attached hydrogens (tertiary/aromatic N) is 3. The number of aliphatic hydroxyl groups excluding tert-OH is 1. The Morgan fingerprint density at radius 3 is 2.48 bits per heavy atom. The van der Waals surface area contributed by atoms with Crippen molar-refractivity contribution < 1.29 is 19.3 Å². The van der Waals surface area contributed by atoms with Gasteiger partial charge in [0.2, 0.25) is 5.88 Å². The Kier molecular flexibility index (Phi) is 4.61. The first-order valence-electron chi connectivity index (χ1n) is 8.97. The van der Waals surface area contributed by atoms with Crippen molar-refractivity contribution in [3.63, 3.8) is 0 Å². The number of ether oxygens (including phenoxy) is 3. The van der Waals surface area contributed by atoms with Gasteiger partial charge >= 0.3 is 0 Å². The summed E-state index contributed by atoms with van der Waals surface area (Å²) in [7, 11) is 3.11. The molecule has 0 saturated carbocycles. The van der Waals surface area contributed by atoms with E-state index in [4.69, 9.17) is 14.2 Å². The van der Waals surface area contributed by atoms with Gasteiger partial charge in [-0.15, -0.1) is 0 Å². The Bertz CT molecular complexity index is 1140. The van der Waals surface area contributed by atoms with Gasteiger partial charge in [0.05, 0.1) is 37.1 Å². The molecule has 29 heavy (non-hydrogen) atoms. The highest BCUT2D eigenvalue weighted by atomic mass is 16.6. The summed E-state index contributed by atoms with van der Waals surface area (Å²) in [5, 5.41) is 24.8. The standard InChI is InChI=1S/C22H19N3O4/c1-13-19-20(14-9-10-17(27-2)18(11-14)28-3)16(12-23)22(26)29-21(19)25(24-13)15-7-5-4-6-8-15/h4-11,20,26H,1-3H3/t20-/m0/s1. The van der Waals surface area contributed by atoms with E-state index in [2.05, 4.69) is 11.2 Å². The molecule has 1 aromatic heterocycles. The first kappa shape index (κ1) is 18.4. The van der Waals surface area contributed by atoms with Crippen molar-refractivity contribution in [2.24, 2.45) is 0 Å². The van der Waals surface area contributed by atoms with Crippen molar-refractivity contribution >= 4 is 0 Å². The zero-order chi connectivity index (χ0) is 20.5. The van der Waals surface area contributed by atoms with Crippen molar-refractivity contribution in [2.45, 2.75) is 12.8 Å². The molecular weight excluding hydrogens is 370 g/mol. The molecule has 1 atom stereocenters. The number of para-hydroxylation sites is 1. The summed E-state index contributed by atoms with van der Waals surface area (Å²) in [5.74, 6) is 0.498. The number of benzene rings is 2. The van der Waals surface area contributed by atoms with E-state index in [9.17, 15) is 10.4 Å². The summed E-state index contributed by atoms with van der Waals surface area (Å²) in [6, 6.07) is 17.0. The maximum Gasteiger partial charge on any atom is 0.298 e. The van der Waals surface area contributed by atoms with E-state index in [-0.39, 0.29) is 5.57 Å². The Morgan fingerprint density at radius 1 is 1.10 bits per heavy atom. The van der Waals surface area contributed by atoms with Crippen LogP contribution in [0.15, 0.2) is 60.0 Å². The number of aliphatic hydroxyl groups is 1. The zero-order valence-corrected chi connectivity index (χ0v) is 16.2. The highest BCUT2D eigenvalue weighted by Gasteiger charge is 2.37. The molecule has 146 valence electrons. The molecule has 1 aliphatic heterocycles. The van der Waals surface area contributed by atoms with Crippen LogP contribution in [0.2, 0.25) is 0 Å². The first-order valence-corrected chi connectivity index (χ1v) is 8.97. The van der Waals surface area contributed by atoms with Crippen LogP contribution < -0.4 is 14.2 Å². The Morgan fingerprint density at radius 2 is 1.83 bits per heavy atom. The van der Waals surface area contributed by atoms with Gasteiger partial charge in [-0.2, -0.15) is 10.4 Å². The van der Waals surface area contributed by atoms with Gasteiger partial charge < -0.3 is 19.3 Å². The van der Waals surface area contributed by atoms with Crippen molar-refractivity contribution in [1.82, 2.24) is 9.78 Å². The molecule has 1 N–H and O–H groups in total. The van der Waals surface area contributed by atoms with Gasteiger partial charge in [0.25, 0.3) is 5.95 Å². The summed E-state index contributed by atoms with van der Waals surface area (Å²) in [5.41, 5.74) is 3.07. The third-order valence-corrected chi connectivity index (χ3v) is 4.93. The summed E-state index contributed by atoms with van der Waals surface area (Å²) in [4.78, 5) is 0. The summed E-state index contributed by atoms with van der Waals surface area (Å²) < 4.78 is 18.0. The molecule has 0 fully saturated rings. The van der Waals surface area contributed by atoms with Gasteiger partial charge in [0.15, 0.2) is 11.5 Å². The zero-order valence-electron chi connectivity index (χ0n) is 16.2. The smallest absolute Gasteiger partial charge is 0.298 e. The highest BCUT2D eigenvalue weighted by molar-refractivity contribution is 5.58. The molecule has 0 saturated heterocycles. The van der Waals surface area contributed by atoms with Crippen LogP contribution >= 0.6 is 0 Å². The molecule has 7 nitrogen and oxygen atoms in total. The first-order chi connectivity index (χ1) is 14.1. The summed E-state index contributed by atoms with van der Waals surface area (Å²) in [6.45, 7) is 1.85. The summed E-state index contributed by atoms with van der Waals surface area (Å²) >= 11 is 0. The molecule has 2 heterocycles. The van der Waals surface area contributed by atoms with Gasteiger partial charge in [-0.05, 0) is 36.8 Å². The molecule has 0 radical (unpaired) electrons. The van der Waals surface area contributed by atoms with Crippen molar-refractivity contribution in [3.05, 3.63) is 76.9 Å². The quantitative estimate of drug-likeness (QED) is 0.725. The van der Waals surface area contributed by atoms with Gasteiger partial charge in [0, 0.05) is 0 Å². The van der Waals surface area contributed by atoms with Crippen LogP contribution in [0.1, 0.15) is 22.7 Å². The molecule has 2 aromatic carbocycles. The van der Waals surface area contributed by atoms with Crippen LogP contribution in [0.5, 0.6) is 17.4 Å². The number of hydrogen-bond donors (Lipinski definition) is 1. The topological polar surface area (TPSA) is 89.5 Å². The lowest BCUT2D eigenvalue weighted by Gasteiger charge is -2.24. The molecule has 0 spiro atoms. The number of fused-ring (bicyclic) bond motifs is 1. The minimum absolute atomic E-state index is 0.112. The number of aromatic nitrogens is 2. The lowest BCUT2D eigenvalue weighted by molar-refractivity contribution is 0.185. The molecule has 0 bridgehead atoms. The highest BCUT2D eigenvalue weighted by Crippen LogP contribution is 2.46. The van der Waals surface area contributed by atoms with Crippen LogP contribution in [-0.2, 0) is 0 Å². The van der Waals surface area contributed by atoms with Crippen LogP contribution in [0.3, 0.4) is 0 Å². The molecule has 0 unspecified atom stereocenters. The number of rotatable bonds is 4. The maximum absolute atomic E-state index is 10.5. The fourth-order valence-corrected chi connectivity index (χ4v) is 3.59. The molecule has 0 aliphatic carbocycles. The van der Waals surface area contributed by atoms with Crippen molar-refractivity contribution in [1.29, 1.82) is 5.26 Å². The second-order valence-electron chi connectivity index (χ2n) is 6.53. The van der Waals surface area contributed by atoms with Crippen LogP contribution in [0.4, 0.5) is 0 Å². The molecule has 0 amide bonds. The van der Waals surface area contributed by atoms with E-state index < -0.39 is 11.9 Å². The summed E-state index contributed by atoms with van der Waals surface area (Å²) in [6.07, 6.45) is 0. The molecule has 4 rings (SSSR count).